The van der Waals surface area contributed by atoms with Gasteiger partial charge in [-0.25, -0.2) is 4.39 Å². The Morgan fingerprint density at radius 3 is 2.66 bits per heavy atom. The predicted molar refractivity (Wildman–Crippen MR) is 112 cm³/mol. The number of amides is 1. The molecule has 1 heterocycles. The second-order valence-electron chi connectivity index (χ2n) is 8.04. The number of nitrogens with one attached hydrogen (secondary N) is 2. The van der Waals surface area contributed by atoms with E-state index < -0.39 is 6.10 Å². The molecule has 0 bridgehead atoms. The number of benzene rings is 1. The van der Waals surface area contributed by atoms with Crippen LogP contribution >= 0.6 is 0 Å². The van der Waals surface area contributed by atoms with Crippen LogP contribution in [0.5, 0.6) is 0 Å². The van der Waals surface area contributed by atoms with Crippen molar-refractivity contribution in [3.8, 4) is 0 Å². The topological polar surface area (TPSA) is 77.0 Å². The zero-order valence-electron chi connectivity index (χ0n) is 17.2. The van der Waals surface area contributed by atoms with E-state index in [-0.39, 0.29) is 24.3 Å². The van der Waals surface area contributed by atoms with Crippen LogP contribution in [0.15, 0.2) is 29.3 Å². The molecule has 0 aromatic heterocycles. The number of halogens is 1. The quantitative estimate of drug-likeness (QED) is 0.503. The maximum atomic E-state index is 13.0. The number of carbonyl (C=O) groups is 1. The van der Waals surface area contributed by atoms with Crippen LogP contribution < -0.4 is 10.6 Å². The van der Waals surface area contributed by atoms with Crippen molar-refractivity contribution in [2.24, 2.45) is 10.9 Å². The van der Waals surface area contributed by atoms with Gasteiger partial charge in [-0.15, -0.1) is 0 Å². The summed E-state index contributed by atoms with van der Waals surface area (Å²) < 4.78 is 13.0. The molecule has 1 aromatic rings. The lowest BCUT2D eigenvalue weighted by atomic mass is 9.88. The third-order valence-corrected chi connectivity index (χ3v) is 5.82. The Labute approximate surface area is 172 Å². The van der Waals surface area contributed by atoms with Crippen molar-refractivity contribution in [1.82, 2.24) is 15.5 Å². The smallest absolute Gasteiger partial charge is 0.225 e. The van der Waals surface area contributed by atoms with Crippen LogP contribution in [-0.4, -0.2) is 54.1 Å². The molecular weight excluding hydrogens is 371 g/mol. The van der Waals surface area contributed by atoms with Crippen LogP contribution in [0.3, 0.4) is 0 Å². The van der Waals surface area contributed by atoms with Crippen LogP contribution in [0, 0.1) is 11.7 Å². The van der Waals surface area contributed by atoms with Crippen molar-refractivity contribution in [2.45, 2.75) is 57.6 Å². The van der Waals surface area contributed by atoms with E-state index in [1.165, 1.54) is 31.4 Å². The first-order valence-electron chi connectivity index (χ1n) is 10.8. The van der Waals surface area contributed by atoms with Gasteiger partial charge in [0.2, 0.25) is 5.91 Å². The highest BCUT2D eigenvalue weighted by Crippen LogP contribution is 2.26. The fraction of sp³-hybridized carbons (Fsp3) is 0.636. The summed E-state index contributed by atoms with van der Waals surface area (Å²) in [6.07, 6.45) is 5.74. The third-order valence-electron chi connectivity index (χ3n) is 5.82. The van der Waals surface area contributed by atoms with E-state index >= 15 is 0 Å². The first-order chi connectivity index (χ1) is 14.1. The highest BCUT2D eigenvalue weighted by Gasteiger charge is 2.31. The second-order valence-corrected chi connectivity index (χ2v) is 8.04. The van der Waals surface area contributed by atoms with E-state index in [0.717, 1.165) is 25.8 Å². The van der Waals surface area contributed by atoms with Crippen LogP contribution in [0.1, 0.15) is 57.1 Å². The Bertz CT molecular complexity index is 689. The van der Waals surface area contributed by atoms with Gasteiger partial charge < -0.3 is 20.6 Å². The number of aliphatic hydroxyl groups is 1. The molecule has 3 rings (SSSR count). The van der Waals surface area contributed by atoms with Gasteiger partial charge >= 0.3 is 0 Å². The monoisotopic (exact) mass is 404 g/mol. The molecule has 2 unspecified atom stereocenters. The summed E-state index contributed by atoms with van der Waals surface area (Å²) in [5.41, 5.74) is 0.635. The van der Waals surface area contributed by atoms with Crippen LogP contribution in [0.2, 0.25) is 0 Å². The summed E-state index contributed by atoms with van der Waals surface area (Å²) in [6, 6.07) is 5.97. The predicted octanol–water partition coefficient (Wildman–Crippen LogP) is 2.60. The van der Waals surface area contributed by atoms with Gasteiger partial charge in [0.15, 0.2) is 5.96 Å². The molecule has 2 fully saturated rings. The number of hydrogen-bond donors (Lipinski definition) is 3. The SMILES string of the molecule is CCNC(=NCC(O)c1ccc(F)cc1)NC1CCN(C(=O)C2CCCCC2)C1. The third kappa shape index (κ3) is 6.16. The van der Waals surface area contributed by atoms with E-state index in [4.69, 9.17) is 0 Å². The molecule has 1 amide bonds. The summed E-state index contributed by atoms with van der Waals surface area (Å²) in [5, 5.41) is 16.9. The summed E-state index contributed by atoms with van der Waals surface area (Å²) >= 11 is 0. The van der Waals surface area contributed by atoms with Gasteiger partial charge in [0, 0.05) is 31.6 Å². The van der Waals surface area contributed by atoms with E-state index in [1.807, 2.05) is 11.8 Å². The maximum absolute atomic E-state index is 13.0. The Balaban J connectivity index is 1.52. The van der Waals surface area contributed by atoms with Crippen LogP contribution in [0.25, 0.3) is 0 Å². The first kappa shape index (κ1) is 21.6. The van der Waals surface area contributed by atoms with Gasteiger partial charge in [0.25, 0.3) is 0 Å². The molecule has 3 N–H and O–H groups in total. The first-order valence-corrected chi connectivity index (χ1v) is 10.8. The molecule has 7 heteroatoms. The summed E-state index contributed by atoms with van der Waals surface area (Å²) in [5.74, 6) is 0.816. The maximum Gasteiger partial charge on any atom is 0.225 e. The molecule has 2 aliphatic rings. The van der Waals surface area contributed by atoms with E-state index in [9.17, 15) is 14.3 Å². The van der Waals surface area contributed by atoms with Crippen molar-refractivity contribution < 1.29 is 14.3 Å². The Morgan fingerprint density at radius 1 is 1.24 bits per heavy atom. The standard InChI is InChI=1S/C22H33FN4O2/c1-2-24-22(25-14-20(28)16-8-10-18(23)11-9-16)26-19-12-13-27(15-19)21(29)17-6-4-3-5-7-17/h8-11,17,19-20,28H,2-7,12-15H2,1H3,(H2,24,25,26). The zero-order chi connectivity index (χ0) is 20.6. The minimum Gasteiger partial charge on any atom is -0.386 e. The van der Waals surface area contributed by atoms with Gasteiger partial charge in [-0.1, -0.05) is 31.4 Å². The van der Waals surface area contributed by atoms with Crippen LogP contribution in [-0.2, 0) is 4.79 Å². The van der Waals surface area contributed by atoms with Crippen molar-refractivity contribution >= 4 is 11.9 Å². The molecule has 29 heavy (non-hydrogen) atoms. The van der Waals surface area contributed by atoms with Crippen LogP contribution in [0.4, 0.5) is 4.39 Å². The number of carbonyl (C=O) groups excluding carboxylic acids is 1. The number of guanidine groups is 1. The molecule has 1 aliphatic heterocycles. The normalized spacial score (nSPS) is 21.8. The zero-order valence-corrected chi connectivity index (χ0v) is 17.2. The van der Waals surface area contributed by atoms with Crippen molar-refractivity contribution in [1.29, 1.82) is 0 Å². The lowest BCUT2D eigenvalue weighted by molar-refractivity contribution is -0.135. The summed E-state index contributed by atoms with van der Waals surface area (Å²) in [7, 11) is 0. The number of hydrogen-bond acceptors (Lipinski definition) is 3. The van der Waals surface area contributed by atoms with Gasteiger partial charge in [-0.2, -0.15) is 0 Å². The molecule has 1 saturated heterocycles. The Morgan fingerprint density at radius 2 is 1.97 bits per heavy atom. The number of rotatable bonds is 6. The van der Waals surface area contributed by atoms with E-state index in [0.29, 0.717) is 30.5 Å². The average molecular weight is 405 g/mol. The van der Waals surface area contributed by atoms with Gasteiger partial charge in [0.05, 0.1) is 12.6 Å². The van der Waals surface area contributed by atoms with Crippen molar-refractivity contribution in [2.75, 3.05) is 26.2 Å². The number of nitrogens with zero attached hydrogens (tertiary/aromatic N) is 2. The lowest BCUT2D eigenvalue weighted by Gasteiger charge is -2.26. The highest BCUT2D eigenvalue weighted by molar-refractivity contribution is 5.81. The summed E-state index contributed by atoms with van der Waals surface area (Å²) in [4.78, 5) is 19.2. The fourth-order valence-corrected chi connectivity index (χ4v) is 4.17. The van der Waals surface area contributed by atoms with E-state index in [1.54, 1.807) is 12.1 Å². The highest BCUT2D eigenvalue weighted by atomic mass is 19.1. The summed E-state index contributed by atoms with van der Waals surface area (Å²) in [6.45, 7) is 4.35. The molecular formula is C22H33FN4O2. The van der Waals surface area contributed by atoms with Gasteiger partial charge in [-0.3, -0.25) is 9.79 Å². The molecule has 6 nitrogen and oxygen atoms in total. The molecule has 2 atom stereocenters. The number of likely N-dealkylation sites (tertiary alicyclic amines) is 1. The molecule has 160 valence electrons. The largest absolute Gasteiger partial charge is 0.386 e. The molecule has 0 radical (unpaired) electrons. The van der Waals surface area contributed by atoms with Gasteiger partial charge in [0.1, 0.15) is 5.82 Å². The second kappa shape index (κ2) is 10.6. The Hall–Kier alpha value is -2.15. The lowest BCUT2D eigenvalue weighted by Crippen LogP contribution is -2.45. The van der Waals surface area contributed by atoms with Crippen molar-refractivity contribution in [3.05, 3.63) is 35.6 Å². The fourth-order valence-electron chi connectivity index (χ4n) is 4.17. The average Bonchev–Trinajstić information content (AvgIpc) is 3.21. The molecule has 0 spiro atoms. The number of aliphatic hydroxyl groups excluding tert-OH is 1. The van der Waals surface area contributed by atoms with Crippen molar-refractivity contribution in [3.63, 3.8) is 0 Å². The molecule has 1 saturated carbocycles. The molecule has 1 aromatic carbocycles. The number of aliphatic imine (C=N–C) groups is 1. The van der Waals surface area contributed by atoms with E-state index in [2.05, 4.69) is 15.6 Å². The van der Waals surface area contributed by atoms with Gasteiger partial charge in [-0.05, 0) is 43.9 Å². The minimum absolute atomic E-state index is 0.156. The molecule has 1 aliphatic carbocycles. The Kier molecular flexibility index (Phi) is 7.86. The minimum atomic E-state index is -0.793.